The molecule has 8 aromatic carbocycles. The van der Waals surface area contributed by atoms with Gasteiger partial charge in [-0.2, -0.15) is 12.1 Å². The monoisotopic (exact) mass is 1010 g/mol. The summed E-state index contributed by atoms with van der Waals surface area (Å²) in [6.07, 6.45) is 1.94. The van der Waals surface area contributed by atoms with Crippen LogP contribution in [0, 0.1) is 12.1 Å². The van der Waals surface area contributed by atoms with Crippen molar-refractivity contribution in [3.8, 4) is 39.2 Å². The first-order valence-corrected chi connectivity index (χ1v) is 21.6. The number of benzene rings is 8. The molecule has 6 heteroatoms. The van der Waals surface area contributed by atoms with Crippen molar-refractivity contribution in [2.75, 3.05) is 21.4 Å². The number of rotatable bonds is 8. The molecule has 0 fully saturated rings. The Morgan fingerprint density at radius 2 is 1.14 bits per heavy atom. The molecule has 0 aliphatic carbocycles. The predicted molar refractivity (Wildman–Crippen MR) is 263 cm³/mol. The van der Waals surface area contributed by atoms with E-state index in [1.165, 1.54) is 39.2 Å². The molecule has 0 unspecified atom stereocenters. The fraction of sp³-hybridized carbons (Fsp3) is 0.0862. The van der Waals surface area contributed by atoms with Crippen LogP contribution in [0.1, 0.15) is 20.8 Å². The van der Waals surface area contributed by atoms with Crippen LogP contribution in [0.5, 0.6) is 0 Å². The van der Waals surface area contributed by atoms with Crippen LogP contribution in [0.2, 0.25) is 0 Å². The van der Waals surface area contributed by atoms with E-state index in [1.54, 1.807) is 0 Å². The van der Waals surface area contributed by atoms with Gasteiger partial charge in [0.25, 0.3) is 0 Å². The van der Waals surface area contributed by atoms with Gasteiger partial charge in [-0.1, -0.05) is 150 Å². The molecular weight excluding hydrogens is 962 g/mol. The first kappa shape index (κ1) is 40.8. The summed E-state index contributed by atoms with van der Waals surface area (Å²) < 4.78 is 2.27. The van der Waals surface area contributed by atoms with Crippen molar-refractivity contribution in [1.82, 2.24) is 9.55 Å². The summed E-state index contributed by atoms with van der Waals surface area (Å²) in [5.74, 6) is 0.824. The summed E-state index contributed by atoms with van der Waals surface area (Å²) in [7, 11) is 0. The molecule has 64 heavy (non-hydrogen) atoms. The Labute approximate surface area is 389 Å². The van der Waals surface area contributed by atoms with E-state index in [2.05, 4.69) is 252 Å². The number of para-hydroxylation sites is 4. The molecule has 0 atom stereocenters. The van der Waals surface area contributed by atoms with Crippen LogP contribution >= 0.6 is 0 Å². The van der Waals surface area contributed by atoms with Crippen LogP contribution in [0.25, 0.3) is 61.0 Å². The predicted octanol–water partition coefficient (Wildman–Crippen LogP) is 15.0. The molecule has 1 aliphatic rings. The Hall–Kier alpha value is -7.20. The van der Waals surface area contributed by atoms with Crippen LogP contribution in [0.4, 0.5) is 34.1 Å². The van der Waals surface area contributed by atoms with E-state index >= 15 is 0 Å². The zero-order chi connectivity index (χ0) is 42.5. The third-order valence-corrected chi connectivity index (χ3v) is 12.2. The molecular formula is C58H45N5Pt. The number of pyridine rings is 1. The number of fused-ring (bicyclic) bond motifs is 4. The van der Waals surface area contributed by atoms with Crippen LogP contribution in [0.15, 0.2) is 206 Å². The standard InChI is InChI=1S/C58H45N5.Pt/c1-58(2,3)61-40-60(53-31-15-16-32-54(53)61)45-25-17-26-46(38-45)62(44-23-11-6-12-24-44)47-33-34-51-50-27-13-14-30-52(50)63(55(51)39-47)56-37-43(35-36-59-56)57-48(41-19-7-4-8-20-41)28-18-29-49(57)42-21-9-5-10-22-42;/h4-37H,40H2,1-3H3;/q-2;+2. The Morgan fingerprint density at radius 1 is 0.531 bits per heavy atom. The average Bonchev–Trinajstić information content (AvgIpc) is 3.89. The summed E-state index contributed by atoms with van der Waals surface area (Å²) in [6, 6.07) is 78.8. The van der Waals surface area contributed by atoms with Crippen molar-refractivity contribution in [2.24, 2.45) is 0 Å². The van der Waals surface area contributed by atoms with Gasteiger partial charge in [0.15, 0.2) is 0 Å². The van der Waals surface area contributed by atoms with E-state index < -0.39 is 0 Å². The minimum absolute atomic E-state index is 0. The van der Waals surface area contributed by atoms with E-state index in [9.17, 15) is 0 Å². The third kappa shape index (κ3) is 7.26. The summed E-state index contributed by atoms with van der Waals surface area (Å²) in [4.78, 5) is 12.2. The molecule has 0 radical (unpaired) electrons. The normalized spacial score (nSPS) is 12.4. The molecule has 0 amide bonds. The van der Waals surface area contributed by atoms with E-state index in [0.29, 0.717) is 0 Å². The average molecular weight is 1010 g/mol. The molecule has 0 spiro atoms. The van der Waals surface area contributed by atoms with Gasteiger partial charge in [0, 0.05) is 22.9 Å². The second-order valence-corrected chi connectivity index (χ2v) is 17.1. The second-order valence-electron chi connectivity index (χ2n) is 17.1. The van der Waals surface area contributed by atoms with Crippen molar-refractivity contribution in [1.29, 1.82) is 0 Å². The first-order chi connectivity index (χ1) is 30.9. The van der Waals surface area contributed by atoms with Gasteiger partial charge in [0.05, 0.1) is 18.0 Å². The fourth-order valence-corrected chi connectivity index (χ4v) is 9.24. The largest absolute Gasteiger partial charge is 2.00 e. The molecule has 0 saturated carbocycles. The van der Waals surface area contributed by atoms with Crippen LogP contribution in [0.3, 0.4) is 0 Å². The Balaban J connectivity index is 0.00000484. The zero-order valence-corrected chi connectivity index (χ0v) is 38.2. The number of nitrogens with zero attached hydrogens (tertiary/aromatic N) is 5. The van der Waals surface area contributed by atoms with E-state index in [-0.39, 0.29) is 26.6 Å². The summed E-state index contributed by atoms with van der Waals surface area (Å²) in [5.41, 5.74) is 15.2. The second kappa shape index (κ2) is 16.8. The molecule has 11 rings (SSSR count). The van der Waals surface area contributed by atoms with Crippen LogP contribution < -0.4 is 14.7 Å². The Bertz CT molecular complexity index is 3210. The topological polar surface area (TPSA) is 27.5 Å². The summed E-state index contributed by atoms with van der Waals surface area (Å²) in [6.45, 7) is 7.55. The first-order valence-electron chi connectivity index (χ1n) is 21.6. The maximum atomic E-state index is 5.11. The Morgan fingerprint density at radius 3 is 1.84 bits per heavy atom. The molecule has 0 saturated heterocycles. The molecule has 5 nitrogen and oxygen atoms in total. The molecule has 3 heterocycles. The quantitative estimate of drug-likeness (QED) is 0.142. The van der Waals surface area contributed by atoms with Crippen LogP contribution in [-0.2, 0) is 21.1 Å². The van der Waals surface area contributed by atoms with Crippen molar-refractivity contribution < 1.29 is 21.1 Å². The minimum Gasteiger partial charge on any atom is -0.358 e. The SMILES string of the molecule is CC(C)(C)N1CN(c2[c-]c(N(c3[c-]c4c(cc3)c3ccccc3n4-c3cc(-c4c(-c5ccccc5)cccc4-c4ccccc4)ccn3)c3ccccc3)ccc2)c2ccccc21.[Pt+2]. The maximum absolute atomic E-state index is 5.11. The van der Waals surface area contributed by atoms with Crippen molar-refractivity contribution in [3.05, 3.63) is 219 Å². The van der Waals surface area contributed by atoms with Crippen molar-refractivity contribution in [3.63, 3.8) is 0 Å². The smallest absolute Gasteiger partial charge is 0.358 e. The zero-order valence-electron chi connectivity index (χ0n) is 35.9. The molecule has 312 valence electrons. The fourth-order valence-electron chi connectivity index (χ4n) is 9.24. The van der Waals surface area contributed by atoms with E-state index in [1.807, 2.05) is 6.20 Å². The van der Waals surface area contributed by atoms with Crippen molar-refractivity contribution >= 4 is 55.9 Å². The number of aromatic nitrogens is 2. The summed E-state index contributed by atoms with van der Waals surface area (Å²) >= 11 is 0. The van der Waals surface area contributed by atoms with Gasteiger partial charge in [0.2, 0.25) is 0 Å². The molecule has 2 aromatic heterocycles. The van der Waals surface area contributed by atoms with Crippen LogP contribution in [-0.4, -0.2) is 21.8 Å². The Kier molecular flexibility index (Phi) is 10.7. The summed E-state index contributed by atoms with van der Waals surface area (Å²) in [5, 5.41) is 2.26. The van der Waals surface area contributed by atoms with Gasteiger partial charge in [-0.05, 0) is 102 Å². The van der Waals surface area contributed by atoms with Gasteiger partial charge in [0.1, 0.15) is 5.82 Å². The third-order valence-electron chi connectivity index (χ3n) is 12.2. The molecule has 0 N–H and O–H groups in total. The van der Waals surface area contributed by atoms with Gasteiger partial charge in [-0.25, -0.2) is 4.98 Å². The van der Waals surface area contributed by atoms with Crippen molar-refractivity contribution in [2.45, 2.75) is 26.3 Å². The number of hydrogen-bond acceptors (Lipinski definition) is 4. The van der Waals surface area contributed by atoms with E-state index in [0.717, 1.165) is 62.6 Å². The maximum Gasteiger partial charge on any atom is 2.00 e. The number of hydrogen-bond donors (Lipinski definition) is 0. The molecule has 1 aliphatic heterocycles. The van der Waals surface area contributed by atoms with Gasteiger partial charge < -0.3 is 19.3 Å². The molecule has 10 aromatic rings. The minimum atomic E-state index is -0.0504. The van der Waals surface area contributed by atoms with Gasteiger partial charge >= 0.3 is 21.1 Å². The molecule has 0 bridgehead atoms. The van der Waals surface area contributed by atoms with Gasteiger partial charge in [-0.15, -0.1) is 35.7 Å². The van der Waals surface area contributed by atoms with Gasteiger partial charge in [-0.3, -0.25) is 0 Å². The number of anilines is 6. The van der Waals surface area contributed by atoms with E-state index in [4.69, 9.17) is 4.98 Å².